The molecule has 0 unspecified atom stereocenters. The van der Waals surface area contributed by atoms with Gasteiger partial charge in [0.1, 0.15) is 12.5 Å². The van der Waals surface area contributed by atoms with Crippen LogP contribution in [0.15, 0.2) is 24.4 Å². The van der Waals surface area contributed by atoms with E-state index in [0.29, 0.717) is 11.5 Å². The Morgan fingerprint density at radius 1 is 1.25 bits per heavy atom. The van der Waals surface area contributed by atoms with Crippen LogP contribution in [0.1, 0.15) is 23.6 Å². The van der Waals surface area contributed by atoms with Crippen molar-refractivity contribution in [3.63, 3.8) is 0 Å². The van der Waals surface area contributed by atoms with Gasteiger partial charge >= 0.3 is 0 Å². The van der Waals surface area contributed by atoms with Crippen LogP contribution in [-0.4, -0.2) is 16.5 Å². The van der Waals surface area contributed by atoms with E-state index in [1.54, 1.807) is 12.3 Å². The van der Waals surface area contributed by atoms with E-state index in [1.807, 2.05) is 32.9 Å². The van der Waals surface area contributed by atoms with Crippen molar-refractivity contribution < 1.29 is 4.39 Å². The van der Waals surface area contributed by atoms with Crippen LogP contribution in [0.3, 0.4) is 0 Å². The van der Waals surface area contributed by atoms with Crippen LogP contribution in [0.5, 0.6) is 0 Å². The highest BCUT2D eigenvalue weighted by Crippen LogP contribution is 2.24. The number of halogens is 1. The minimum Gasteiger partial charge on any atom is -0.354 e. The van der Waals surface area contributed by atoms with Gasteiger partial charge in [0.2, 0.25) is 5.95 Å². The lowest BCUT2D eigenvalue weighted by Crippen LogP contribution is -2.06. The molecule has 0 saturated heterocycles. The largest absolute Gasteiger partial charge is 0.354 e. The molecule has 0 aliphatic heterocycles. The van der Waals surface area contributed by atoms with Crippen molar-refractivity contribution in [2.24, 2.45) is 0 Å². The van der Waals surface area contributed by atoms with E-state index in [1.165, 1.54) is 0 Å². The Hall–Kier alpha value is -2.17. The van der Waals surface area contributed by atoms with E-state index in [-0.39, 0.29) is 0 Å². The first-order valence-corrected chi connectivity index (χ1v) is 6.64. The van der Waals surface area contributed by atoms with Gasteiger partial charge in [0.15, 0.2) is 0 Å². The smallest absolute Gasteiger partial charge is 0.224 e. The molecule has 4 nitrogen and oxygen atoms in total. The third-order valence-corrected chi connectivity index (χ3v) is 3.15. The highest BCUT2D eigenvalue weighted by atomic mass is 19.1. The van der Waals surface area contributed by atoms with Crippen molar-refractivity contribution >= 4 is 17.5 Å². The topological polar surface area (TPSA) is 49.8 Å². The number of anilines is 3. The molecule has 2 N–H and O–H groups in total. The number of hydrogen-bond acceptors (Lipinski definition) is 4. The fourth-order valence-corrected chi connectivity index (χ4v) is 1.90. The summed E-state index contributed by atoms with van der Waals surface area (Å²) in [5, 5.41) is 6.33. The summed E-state index contributed by atoms with van der Waals surface area (Å²) in [4.78, 5) is 8.63. The average molecular weight is 274 g/mol. The normalized spacial score (nSPS) is 10.4. The van der Waals surface area contributed by atoms with E-state index in [4.69, 9.17) is 0 Å². The molecule has 0 saturated carbocycles. The number of hydrogen-bond donors (Lipinski definition) is 2. The van der Waals surface area contributed by atoms with Crippen LogP contribution in [0.2, 0.25) is 0 Å². The Bertz CT molecular complexity index is 598. The summed E-state index contributed by atoms with van der Waals surface area (Å²) in [5.41, 5.74) is 3.40. The van der Waals surface area contributed by atoms with Gasteiger partial charge in [-0.25, -0.2) is 9.37 Å². The molecule has 0 bridgehead atoms. The molecule has 2 aromatic rings. The van der Waals surface area contributed by atoms with Gasteiger partial charge in [0.25, 0.3) is 0 Å². The Labute approximate surface area is 118 Å². The van der Waals surface area contributed by atoms with E-state index >= 15 is 0 Å². The lowest BCUT2D eigenvalue weighted by Gasteiger charge is -2.13. The average Bonchev–Trinajstić information content (AvgIpc) is 2.45. The third kappa shape index (κ3) is 3.04. The third-order valence-electron chi connectivity index (χ3n) is 3.15. The second-order valence-corrected chi connectivity index (χ2v) is 4.60. The molecular weight excluding hydrogens is 255 g/mol. The SMILES string of the molecule is CCNc1ncc(C)c(Nc2cccc(CF)c2C)n1. The molecule has 0 atom stereocenters. The molecule has 0 amide bonds. The zero-order chi connectivity index (χ0) is 14.5. The predicted molar refractivity (Wildman–Crippen MR) is 80.2 cm³/mol. The molecule has 1 aromatic heterocycles. The van der Waals surface area contributed by atoms with Crippen molar-refractivity contribution in [1.29, 1.82) is 0 Å². The first kappa shape index (κ1) is 14.2. The summed E-state index contributed by atoms with van der Waals surface area (Å²) in [5.74, 6) is 1.31. The Morgan fingerprint density at radius 2 is 2.05 bits per heavy atom. The highest BCUT2D eigenvalue weighted by Gasteiger charge is 2.07. The summed E-state index contributed by atoms with van der Waals surface area (Å²) in [6.07, 6.45) is 1.77. The molecule has 0 aliphatic rings. The zero-order valence-corrected chi connectivity index (χ0v) is 12.0. The summed E-state index contributed by atoms with van der Waals surface area (Å²) < 4.78 is 12.9. The number of nitrogens with one attached hydrogen (secondary N) is 2. The monoisotopic (exact) mass is 274 g/mol. The highest BCUT2D eigenvalue weighted by molar-refractivity contribution is 5.64. The molecule has 0 aliphatic carbocycles. The molecule has 0 spiro atoms. The van der Waals surface area contributed by atoms with Gasteiger partial charge in [-0.05, 0) is 38.0 Å². The van der Waals surface area contributed by atoms with Crippen molar-refractivity contribution in [3.05, 3.63) is 41.1 Å². The number of aromatic nitrogens is 2. The Balaban J connectivity index is 2.32. The van der Waals surface area contributed by atoms with Crippen molar-refractivity contribution in [2.75, 3.05) is 17.2 Å². The molecule has 1 aromatic carbocycles. The van der Waals surface area contributed by atoms with Gasteiger partial charge in [-0.3, -0.25) is 0 Å². The van der Waals surface area contributed by atoms with Crippen LogP contribution in [0.25, 0.3) is 0 Å². The molecule has 20 heavy (non-hydrogen) atoms. The molecule has 2 rings (SSSR count). The van der Waals surface area contributed by atoms with Crippen molar-refractivity contribution in [3.8, 4) is 0 Å². The van der Waals surface area contributed by atoms with Gasteiger partial charge in [-0.15, -0.1) is 0 Å². The maximum atomic E-state index is 12.9. The number of alkyl halides is 1. The van der Waals surface area contributed by atoms with Crippen LogP contribution in [0.4, 0.5) is 21.8 Å². The summed E-state index contributed by atoms with van der Waals surface area (Å²) >= 11 is 0. The van der Waals surface area contributed by atoms with Crippen molar-refractivity contribution in [1.82, 2.24) is 9.97 Å². The van der Waals surface area contributed by atoms with Gasteiger partial charge in [-0.1, -0.05) is 12.1 Å². The first-order chi connectivity index (χ1) is 9.65. The summed E-state index contributed by atoms with van der Waals surface area (Å²) in [7, 11) is 0. The van der Waals surface area contributed by atoms with E-state index < -0.39 is 6.67 Å². The fraction of sp³-hybridized carbons (Fsp3) is 0.333. The minimum absolute atomic E-state index is 0.466. The molecule has 1 heterocycles. The second-order valence-electron chi connectivity index (χ2n) is 4.60. The molecule has 106 valence electrons. The van der Waals surface area contributed by atoms with E-state index in [9.17, 15) is 4.39 Å². The van der Waals surface area contributed by atoms with Crippen LogP contribution in [-0.2, 0) is 6.67 Å². The van der Waals surface area contributed by atoms with E-state index in [0.717, 1.165) is 29.2 Å². The molecule has 0 fully saturated rings. The van der Waals surface area contributed by atoms with Crippen LogP contribution < -0.4 is 10.6 Å². The van der Waals surface area contributed by atoms with Crippen LogP contribution in [0, 0.1) is 13.8 Å². The van der Waals surface area contributed by atoms with Gasteiger partial charge in [0.05, 0.1) is 0 Å². The van der Waals surface area contributed by atoms with Gasteiger partial charge < -0.3 is 10.6 Å². The number of benzene rings is 1. The number of rotatable bonds is 5. The molecule has 5 heteroatoms. The van der Waals surface area contributed by atoms with E-state index in [2.05, 4.69) is 20.6 Å². The standard InChI is InChI=1S/C15H19FN4/c1-4-17-15-18-9-10(2)14(20-15)19-13-7-5-6-12(8-16)11(13)3/h5-7,9H,4,8H2,1-3H3,(H2,17,18,19,20). The minimum atomic E-state index is -0.466. The Morgan fingerprint density at radius 3 is 2.75 bits per heavy atom. The first-order valence-electron chi connectivity index (χ1n) is 6.64. The van der Waals surface area contributed by atoms with Gasteiger partial charge in [0, 0.05) is 24.0 Å². The second kappa shape index (κ2) is 6.32. The number of aryl methyl sites for hydroxylation is 1. The maximum Gasteiger partial charge on any atom is 0.224 e. The summed E-state index contributed by atoms with van der Waals surface area (Å²) in [6, 6.07) is 5.55. The van der Waals surface area contributed by atoms with Crippen molar-refractivity contribution in [2.45, 2.75) is 27.4 Å². The van der Waals surface area contributed by atoms with Crippen LogP contribution >= 0.6 is 0 Å². The number of nitrogens with zero attached hydrogens (tertiary/aromatic N) is 2. The summed E-state index contributed by atoms with van der Waals surface area (Å²) in [6.45, 7) is 6.13. The maximum absolute atomic E-state index is 12.9. The lowest BCUT2D eigenvalue weighted by molar-refractivity contribution is 0.484. The lowest BCUT2D eigenvalue weighted by atomic mass is 10.1. The fourth-order valence-electron chi connectivity index (χ4n) is 1.90. The van der Waals surface area contributed by atoms with Gasteiger partial charge in [-0.2, -0.15) is 4.98 Å². The molecule has 0 radical (unpaired) electrons. The molecular formula is C15H19FN4. The predicted octanol–water partition coefficient (Wildman–Crippen LogP) is 3.74. The Kier molecular flexibility index (Phi) is 4.50. The zero-order valence-electron chi connectivity index (χ0n) is 12.0. The quantitative estimate of drug-likeness (QED) is 0.872.